The molecular weight excluding hydrogens is 342 g/mol. The molecule has 1 aromatic heterocycles. The number of amides is 2. The quantitative estimate of drug-likeness (QED) is 0.812. The Morgan fingerprint density at radius 2 is 1.89 bits per heavy atom. The smallest absolute Gasteiger partial charge is 0.245 e. The number of nitrogens with zero attached hydrogens (tertiary/aromatic N) is 3. The molecule has 1 aromatic carbocycles. The number of rotatable bonds is 5. The second kappa shape index (κ2) is 7.78. The Bertz CT molecular complexity index is 851. The van der Waals surface area contributed by atoms with Crippen LogP contribution in [0.3, 0.4) is 0 Å². The van der Waals surface area contributed by atoms with Gasteiger partial charge in [-0.3, -0.25) is 14.6 Å². The number of likely N-dealkylation sites (N-methyl/N-ethyl adjacent to an activating group) is 1. The molecule has 3 rings (SSSR count). The van der Waals surface area contributed by atoms with E-state index < -0.39 is 6.04 Å². The van der Waals surface area contributed by atoms with Gasteiger partial charge in [-0.15, -0.1) is 0 Å². The van der Waals surface area contributed by atoms with Gasteiger partial charge in [0.05, 0.1) is 25.9 Å². The normalized spacial score (nSPS) is 17.4. The monoisotopic (exact) mass is 367 g/mol. The summed E-state index contributed by atoms with van der Waals surface area (Å²) >= 11 is 0. The fraction of sp³-hybridized carbons (Fsp3) is 0.381. The molecule has 6 nitrogen and oxygen atoms in total. The fourth-order valence-electron chi connectivity index (χ4n) is 3.56. The van der Waals surface area contributed by atoms with Gasteiger partial charge < -0.3 is 14.5 Å². The van der Waals surface area contributed by atoms with Crippen molar-refractivity contribution in [1.82, 2.24) is 14.8 Å². The van der Waals surface area contributed by atoms with Crippen LogP contribution in [0.1, 0.15) is 22.4 Å². The minimum absolute atomic E-state index is 0.0461. The van der Waals surface area contributed by atoms with Crippen molar-refractivity contribution in [1.29, 1.82) is 0 Å². The van der Waals surface area contributed by atoms with E-state index in [-0.39, 0.29) is 18.4 Å². The molecule has 1 fully saturated rings. The van der Waals surface area contributed by atoms with Gasteiger partial charge in [0.25, 0.3) is 0 Å². The van der Waals surface area contributed by atoms with Crippen LogP contribution >= 0.6 is 0 Å². The predicted molar refractivity (Wildman–Crippen MR) is 102 cm³/mol. The van der Waals surface area contributed by atoms with E-state index in [0.29, 0.717) is 13.0 Å². The van der Waals surface area contributed by atoms with Crippen LogP contribution in [0, 0.1) is 13.8 Å². The molecule has 0 bridgehead atoms. The molecule has 2 amide bonds. The minimum atomic E-state index is -0.535. The largest absolute Gasteiger partial charge is 0.496 e. The Labute approximate surface area is 159 Å². The van der Waals surface area contributed by atoms with E-state index in [1.54, 1.807) is 25.3 Å². The van der Waals surface area contributed by atoms with Crippen molar-refractivity contribution in [3.05, 3.63) is 58.9 Å². The van der Waals surface area contributed by atoms with Gasteiger partial charge in [0.2, 0.25) is 11.8 Å². The maximum Gasteiger partial charge on any atom is 0.245 e. The number of benzene rings is 1. The van der Waals surface area contributed by atoms with Crippen molar-refractivity contribution < 1.29 is 14.3 Å². The van der Waals surface area contributed by atoms with E-state index in [4.69, 9.17) is 4.74 Å². The Balaban J connectivity index is 1.93. The van der Waals surface area contributed by atoms with Crippen molar-refractivity contribution in [3.8, 4) is 5.75 Å². The van der Waals surface area contributed by atoms with Gasteiger partial charge in [0.1, 0.15) is 11.8 Å². The zero-order chi connectivity index (χ0) is 19.6. The molecule has 0 saturated carbocycles. The number of hydrogen-bond acceptors (Lipinski definition) is 4. The maximum atomic E-state index is 12.8. The number of piperazine rings is 1. The molecule has 0 N–H and O–H groups in total. The van der Waals surface area contributed by atoms with Gasteiger partial charge in [-0.1, -0.05) is 30.3 Å². The molecule has 27 heavy (non-hydrogen) atoms. The highest BCUT2D eigenvalue weighted by Crippen LogP contribution is 2.26. The van der Waals surface area contributed by atoms with E-state index in [0.717, 1.165) is 28.1 Å². The lowest BCUT2D eigenvalue weighted by atomic mass is 10.00. The molecule has 142 valence electrons. The zero-order valence-electron chi connectivity index (χ0n) is 16.2. The fourth-order valence-corrected chi connectivity index (χ4v) is 3.56. The lowest BCUT2D eigenvalue weighted by Crippen LogP contribution is -2.59. The standard InChI is InChI=1S/C21H25N3O3/c1-14-11-22-17(15(2)20(14)27-4)12-24-18(10-16-8-6-5-7-9-16)21(26)23(3)13-19(24)25/h5-9,11,18H,10,12-13H2,1-4H3/t18-/m1/s1. The zero-order valence-corrected chi connectivity index (χ0v) is 16.2. The number of methoxy groups -OCH3 is 1. The molecule has 1 atom stereocenters. The summed E-state index contributed by atoms with van der Waals surface area (Å²) in [5.41, 5.74) is 3.62. The summed E-state index contributed by atoms with van der Waals surface area (Å²) in [6.07, 6.45) is 2.23. The Morgan fingerprint density at radius 1 is 1.19 bits per heavy atom. The average Bonchev–Trinajstić information content (AvgIpc) is 2.65. The Morgan fingerprint density at radius 3 is 2.56 bits per heavy atom. The lowest BCUT2D eigenvalue weighted by molar-refractivity contribution is -0.155. The average molecular weight is 367 g/mol. The van der Waals surface area contributed by atoms with E-state index >= 15 is 0 Å². The molecule has 0 radical (unpaired) electrons. The Hall–Kier alpha value is -2.89. The van der Waals surface area contributed by atoms with E-state index in [1.807, 2.05) is 44.2 Å². The number of pyridine rings is 1. The summed E-state index contributed by atoms with van der Waals surface area (Å²) in [6.45, 7) is 4.25. The second-order valence-electron chi connectivity index (χ2n) is 6.97. The molecule has 2 aromatic rings. The van der Waals surface area contributed by atoms with E-state index in [2.05, 4.69) is 4.98 Å². The third-order valence-electron chi connectivity index (χ3n) is 5.07. The highest BCUT2D eigenvalue weighted by molar-refractivity contribution is 5.94. The predicted octanol–water partition coefficient (Wildman–Crippen LogP) is 2.12. The van der Waals surface area contributed by atoms with Crippen molar-refractivity contribution in [3.63, 3.8) is 0 Å². The summed E-state index contributed by atoms with van der Waals surface area (Å²) in [4.78, 5) is 33.2. The van der Waals surface area contributed by atoms with Crippen molar-refractivity contribution in [2.75, 3.05) is 20.7 Å². The highest BCUT2D eigenvalue weighted by atomic mass is 16.5. The van der Waals surface area contributed by atoms with Gasteiger partial charge in [0, 0.05) is 30.8 Å². The number of ether oxygens (including phenoxy) is 1. The summed E-state index contributed by atoms with van der Waals surface area (Å²) < 4.78 is 5.47. The highest BCUT2D eigenvalue weighted by Gasteiger charge is 2.38. The van der Waals surface area contributed by atoms with Gasteiger partial charge in [-0.25, -0.2) is 0 Å². The SMILES string of the molecule is COc1c(C)cnc(CN2C(=O)CN(C)C(=O)[C@H]2Cc2ccccc2)c1C. The molecule has 6 heteroatoms. The minimum Gasteiger partial charge on any atom is -0.496 e. The first kappa shape index (κ1) is 18.9. The third kappa shape index (κ3) is 3.79. The van der Waals surface area contributed by atoms with Crippen LogP contribution in [0.5, 0.6) is 5.75 Å². The Kier molecular flexibility index (Phi) is 5.44. The summed E-state index contributed by atoms with van der Waals surface area (Å²) in [6, 6.07) is 9.23. The second-order valence-corrected chi connectivity index (χ2v) is 6.97. The number of carbonyl (C=O) groups is 2. The maximum absolute atomic E-state index is 12.8. The molecule has 1 saturated heterocycles. The van der Waals surface area contributed by atoms with E-state index in [1.165, 1.54) is 4.90 Å². The van der Waals surface area contributed by atoms with Crippen LogP contribution in [0.2, 0.25) is 0 Å². The number of aromatic nitrogens is 1. The number of aryl methyl sites for hydroxylation is 1. The first-order valence-electron chi connectivity index (χ1n) is 8.99. The molecule has 1 aliphatic heterocycles. The topological polar surface area (TPSA) is 62.7 Å². The third-order valence-corrected chi connectivity index (χ3v) is 5.07. The van der Waals surface area contributed by atoms with Crippen LogP contribution in [-0.4, -0.2) is 53.3 Å². The van der Waals surface area contributed by atoms with Gasteiger partial charge in [-0.05, 0) is 19.4 Å². The van der Waals surface area contributed by atoms with Gasteiger partial charge in [-0.2, -0.15) is 0 Å². The summed E-state index contributed by atoms with van der Waals surface area (Å²) in [5, 5.41) is 0. The molecule has 1 aliphatic rings. The van der Waals surface area contributed by atoms with Crippen molar-refractivity contribution in [2.24, 2.45) is 0 Å². The molecule has 2 heterocycles. The number of hydrogen-bond donors (Lipinski definition) is 0. The van der Waals surface area contributed by atoms with Gasteiger partial charge in [0.15, 0.2) is 0 Å². The summed E-state index contributed by atoms with van der Waals surface area (Å²) in [7, 11) is 3.30. The van der Waals surface area contributed by atoms with Crippen LogP contribution in [0.15, 0.2) is 36.5 Å². The van der Waals surface area contributed by atoms with E-state index in [9.17, 15) is 9.59 Å². The number of carbonyl (C=O) groups excluding carboxylic acids is 2. The molecule has 0 spiro atoms. The first-order valence-corrected chi connectivity index (χ1v) is 8.99. The lowest BCUT2D eigenvalue weighted by Gasteiger charge is -2.39. The van der Waals surface area contributed by atoms with Crippen molar-refractivity contribution >= 4 is 11.8 Å². The van der Waals surface area contributed by atoms with Crippen LogP contribution < -0.4 is 4.74 Å². The van der Waals surface area contributed by atoms with Crippen LogP contribution in [-0.2, 0) is 22.6 Å². The first-order chi connectivity index (χ1) is 12.9. The van der Waals surface area contributed by atoms with Crippen LogP contribution in [0.4, 0.5) is 0 Å². The molecule has 0 unspecified atom stereocenters. The molecular formula is C21H25N3O3. The molecule has 0 aliphatic carbocycles. The van der Waals surface area contributed by atoms with Crippen LogP contribution in [0.25, 0.3) is 0 Å². The summed E-state index contributed by atoms with van der Waals surface area (Å²) in [5.74, 6) is 0.654. The van der Waals surface area contributed by atoms with Crippen molar-refractivity contribution in [2.45, 2.75) is 32.9 Å². The van der Waals surface area contributed by atoms with Gasteiger partial charge >= 0.3 is 0 Å².